The molecule has 0 saturated carbocycles. The molecule has 0 aromatic rings. The van der Waals surface area contributed by atoms with Crippen LogP contribution in [0.5, 0.6) is 0 Å². The number of rotatable bonds is 2. The Morgan fingerprint density at radius 2 is 2.13 bits per heavy atom. The Bertz CT molecular complexity index is 336. The van der Waals surface area contributed by atoms with E-state index in [4.69, 9.17) is 0 Å². The third kappa shape index (κ3) is 1.83. The van der Waals surface area contributed by atoms with Crippen LogP contribution < -0.4 is 0 Å². The maximum Gasteiger partial charge on any atom is 0.181 e. The Morgan fingerprint density at radius 3 is 2.80 bits per heavy atom. The molecule has 0 aliphatic heterocycles. The van der Waals surface area contributed by atoms with Gasteiger partial charge in [0.05, 0.1) is 0 Å². The first-order valence-corrected chi connectivity index (χ1v) is 5.81. The molecule has 0 N–H and O–H groups in total. The van der Waals surface area contributed by atoms with Gasteiger partial charge in [0.2, 0.25) is 0 Å². The third-order valence-electron chi connectivity index (χ3n) is 3.55. The molecule has 80 valence electrons. The zero-order valence-electron chi connectivity index (χ0n) is 9.33. The van der Waals surface area contributed by atoms with Gasteiger partial charge in [0.15, 0.2) is 5.78 Å². The molecule has 2 rings (SSSR count). The summed E-state index contributed by atoms with van der Waals surface area (Å²) in [6.07, 6.45) is 15.8. The van der Waals surface area contributed by atoms with Crippen molar-refractivity contribution in [3.63, 3.8) is 0 Å². The van der Waals surface area contributed by atoms with E-state index in [1.807, 2.05) is 13.0 Å². The van der Waals surface area contributed by atoms with Gasteiger partial charge in [-0.2, -0.15) is 0 Å². The first-order chi connectivity index (χ1) is 7.28. The van der Waals surface area contributed by atoms with Crippen LogP contribution in [0.25, 0.3) is 0 Å². The molecule has 0 aromatic heterocycles. The first kappa shape index (κ1) is 10.4. The molecule has 0 radical (unpaired) electrons. The van der Waals surface area contributed by atoms with Crippen molar-refractivity contribution in [2.45, 2.75) is 39.0 Å². The lowest BCUT2D eigenvalue weighted by Gasteiger charge is -2.34. The molecule has 0 fully saturated rings. The zero-order chi connectivity index (χ0) is 10.7. The maximum absolute atomic E-state index is 12.0. The van der Waals surface area contributed by atoms with Gasteiger partial charge in [0.1, 0.15) is 0 Å². The van der Waals surface area contributed by atoms with Crippen molar-refractivity contribution in [1.29, 1.82) is 0 Å². The highest BCUT2D eigenvalue weighted by molar-refractivity contribution is 6.05. The second-order valence-corrected chi connectivity index (χ2v) is 4.53. The molecule has 0 aromatic carbocycles. The van der Waals surface area contributed by atoms with Gasteiger partial charge in [-0.3, -0.25) is 4.79 Å². The van der Waals surface area contributed by atoms with E-state index in [-0.39, 0.29) is 11.2 Å². The molecular formula is C14H18O. The van der Waals surface area contributed by atoms with Crippen LogP contribution in [0.15, 0.2) is 36.0 Å². The molecule has 0 atom stereocenters. The summed E-state index contributed by atoms with van der Waals surface area (Å²) in [6.45, 7) is 1.90. The molecule has 1 spiro atoms. The highest BCUT2D eigenvalue weighted by Crippen LogP contribution is 2.47. The number of ketones is 1. The van der Waals surface area contributed by atoms with Crippen molar-refractivity contribution < 1.29 is 4.79 Å². The van der Waals surface area contributed by atoms with Crippen LogP contribution in [-0.4, -0.2) is 5.78 Å². The summed E-state index contributed by atoms with van der Waals surface area (Å²) in [5, 5.41) is 0. The van der Waals surface area contributed by atoms with E-state index in [1.54, 1.807) is 6.08 Å². The topological polar surface area (TPSA) is 17.1 Å². The lowest BCUT2D eigenvalue weighted by molar-refractivity contribution is -0.112. The van der Waals surface area contributed by atoms with E-state index >= 15 is 0 Å². The van der Waals surface area contributed by atoms with E-state index in [0.717, 1.165) is 24.8 Å². The Balaban J connectivity index is 2.27. The number of hydrogen-bond donors (Lipinski definition) is 0. The SMILES string of the molecule is C/C=C/C(=O)C1=CCCCC12CC=CC2. The zero-order valence-corrected chi connectivity index (χ0v) is 9.33. The minimum absolute atomic E-state index is 0.162. The molecule has 2 aliphatic rings. The predicted octanol–water partition coefficient (Wildman–Crippen LogP) is 3.58. The van der Waals surface area contributed by atoms with Gasteiger partial charge >= 0.3 is 0 Å². The van der Waals surface area contributed by atoms with Crippen LogP contribution in [0, 0.1) is 5.41 Å². The summed E-state index contributed by atoms with van der Waals surface area (Å²) in [7, 11) is 0. The van der Waals surface area contributed by atoms with Crippen LogP contribution in [0.2, 0.25) is 0 Å². The van der Waals surface area contributed by atoms with Crippen LogP contribution in [0.3, 0.4) is 0 Å². The number of carbonyl (C=O) groups is 1. The summed E-state index contributed by atoms with van der Waals surface area (Å²) in [5.74, 6) is 0.223. The summed E-state index contributed by atoms with van der Waals surface area (Å²) in [6, 6.07) is 0. The van der Waals surface area contributed by atoms with Crippen molar-refractivity contribution in [2.24, 2.45) is 5.41 Å². The van der Waals surface area contributed by atoms with Crippen LogP contribution in [-0.2, 0) is 4.79 Å². The fourth-order valence-corrected chi connectivity index (χ4v) is 2.77. The van der Waals surface area contributed by atoms with Gasteiger partial charge in [-0.25, -0.2) is 0 Å². The Labute approximate surface area is 91.6 Å². The van der Waals surface area contributed by atoms with Crippen molar-refractivity contribution in [1.82, 2.24) is 0 Å². The van der Waals surface area contributed by atoms with E-state index in [0.29, 0.717) is 0 Å². The molecule has 15 heavy (non-hydrogen) atoms. The molecule has 1 nitrogen and oxygen atoms in total. The molecule has 1 heteroatoms. The lowest BCUT2D eigenvalue weighted by Crippen LogP contribution is -2.27. The quantitative estimate of drug-likeness (QED) is 0.494. The summed E-state index contributed by atoms with van der Waals surface area (Å²) >= 11 is 0. The number of allylic oxidation sites excluding steroid dienone is 6. The average Bonchev–Trinajstić information content (AvgIpc) is 2.68. The fraction of sp³-hybridized carbons (Fsp3) is 0.500. The summed E-state index contributed by atoms with van der Waals surface area (Å²) in [4.78, 5) is 12.0. The smallest absolute Gasteiger partial charge is 0.181 e. The highest BCUT2D eigenvalue weighted by atomic mass is 16.1. The monoisotopic (exact) mass is 202 g/mol. The molecule has 0 amide bonds. The van der Waals surface area contributed by atoms with Gasteiger partial charge in [-0.1, -0.05) is 24.3 Å². The average molecular weight is 202 g/mol. The second kappa shape index (κ2) is 4.18. The van der Waals surface area contributed by atoms with E-state index in [9.17, 15) is 4.79 Å². The normalized spacial score (nSPS) is 23.7. The van der Waals surface area contributed by atoms with E-state index in [2.05, 4.69) is 18.2 Å². The lowest BCUT2D eigenvalue weighted by atomic mass is 9.69. The van der Waals surface area contributed by atoms with Crippen molar-refractivity contribution >= 4 is 5.78 Å². The Hall–Kier alpha value is -1.11. The number of hydrogen-bond acceptors (Lipinski definition) is 1. The maximum atomic E-state index is 12.0. The van der Waals surface area contributed by atoms with Crippen LogP contribution in [0.4, 0.5) is 0 Å². The minimum Gasteiger partial charge on any atom is -0.290 e. The largest absolute Gasteiger partial charge is 0.290 e. The van der Waals surface area contributed by atoms with Crippen molar-refractivity contribution in [3.8, 4) is 0 Å². The van der Waals surface area contributed by atoms with E-state index < -0.39 is 0 Å². The fourth-order valence-electron chi connectivity index (χ4n) is 2.77. The molecule has 0 bridgehead atoms. The highest BCUT2D eigenvalue weighted by Gasteiger charge is 2.38. The Kier molecular flexibility index (Phi) is 2.90. The molecular weight excluding hydrogens is 184 g/mol. The second-order valence-electron chi connectivity index (χ2n) is 4.53. The molecule has 0 saturated heterocycles. The van der Waals surface area contributed by atoms with Gasteiger partial charge in [-0.15, -0.1) is 0 Å². The number of carbonyl (C=O) groups excluding carboxylic acids is 1. The Morgan fingerprint density at radius 1 is 1.40 bits per heavy atom. The van der Waals surface area contributed by atoms with Gasteiger partial charge in [0, 0.05) is 11.0 Å². The van der Waals surface area contributed by atoms with Crippen LogP contribution in [0.1, 0.15) is 39.0 Å². The third-order valence-corrected chi connectivity index (χ3v) is 3.55. The predicted molar refractivity (Wildman–Crippen MR) is 62.6 cm³/mol. The summed E-state index contributed by atoms with van der Waals surface area (Å²) < 4.78 is 0. The molecule has 2 aliphatic carbocycles. The molecule has 0 unspecified atom stereocenters. The van der Waals surface area contributed by atoms with Gasteiger partial charge in [-0.05, 0) is 45.1 Å². The van der Waals surface area contributed by atoms with E-state index in [1.165, 1.54) is 12.8 Å². The van der Waals surface area contributed by atoms with Gasteiger partial charge in [0.25, 0.3) is 0 Å². The molecule has 0 heterocycles. The first-order valence-electron chi connectivity index (χ1n) is 5.81. The van der Waals surface area contributed by atoms with Crippen molar-refractivity contribution in [2.75, 3.05) is 0 Å². The van der Waals surface area contributed by atoms with Crippen LogP contribution >= 0.6 is 0 Å². The standard InChI is InChI=1S/C14H18O/c1-2-7-13(15)12-8-3-4-9-14(12)10-5-6-11-14/h2,5-8H,3-4,9-11H2,1H3/b7-2+. The van der Waals surface area contributed by atoms with Gasteiger partial charge < -0.3 is 0 Å². The minimum atomic E-state index is 0.162. The summed E-state index contributed by atoms with van der Waals surface area (Å²) in [5.41, 5.74) is 1.23. The van der Waals surface area contributed by atoms with Crippen molar-refractivity contribution in [3.05, 3.63) is 36.0 Å².